The van der Waals surface area contributed by atoms with Crippen molar-refractivity contribution in [3.63, 3.8) is 0 Å². The van der Waals surface area contributed by atoms with Crippen molar-refractivity contribution >= 4 is 33.4 Å². The van der Waals surface area contributed by atoms with Crippen LogP contribution < -0.4 is 10.6 Å². The molecule has 12 heteroatoms. The first-order valence-electron chi connectivity index (χ1n) is 6.74. The maximum atomic E-state index is 12.2. The number of benzene rings is 1. The average molecular weight is 402 g/mol. The Balaban J connectivity index is 2.53. The second kappa shape index (κ2) is 8.50. The predicted molar refractivity (Wildman–Crippen MR) is 83.3 cm³/mol. The molecule has 0 atom stereocenters. The van der Waals surface area contributed by atoms with Crippen molar-refractivity contribution in [3.8, 4) is 0 Å². The summed E-state index contributed by atoms with van der Waals surface area (Å²) in [5.74, 6) is -1.89. The van der Waals surface area contributed by atoms with Crippen molar-refractivity contribution in [3.05, 3.63) is 29.3 Å². The highest BCUT2D eigenvalue weighted by atomic mass is 35.5. The first kappa shape index (κ1) is 21.2. The van der Waals surface area contributed by atoms with Gasteiger partial charge in [0.1, 0.15) is 6.54 Å². The summed E-state index contributed by atoms with van der Waals surface area (Å²) in [6.45, 7) is -2.84. The van der Waals surface area contributed by atoms with Crippen molar-refractivity contribution in [1.29, 1.82) is 0 Å². The molecule has 0 heterocycles. The molecule has 0 aliphatic carbocycles. The quantitative estimate of drug-likeness (QED) is 0.705. The molecule has 25 heavy (non-hydrogen) atoms. The zero-order valence-electron chi connectivity index (χ0n) is 12.9. The van der Waals surface area contributed by atoms with Gasteiger partial charge >= 0.3 is 6.18 Å². The third-order valence-electron chi connectivity index (χ3n) is 2.82. The Labute approximate surface area is 147 Å². The van der Waals surface area contributed by atoms with Gasteiger partial charge in [-0.1, -0.05) is 11.6 Å². The van der Waals surface area contributed by atoms with Crippen molar-refractivity contribution in [2.24, 2.45) is 0 Å². The number of sulfonamides is 1. The van der Waals surface area contributed by atoms with Gasteiger partial charge in [0.05, 0.1) is 18.0 Å². The summed E-state index contributed by atoms with van der Waals surface area (Å²) in [7, 11) is -2.81. The van der Waals surface area contributed by atoms with Gasteiger partial charge in [0.15, 0.2) is 0 Å². The monoisotopic (exact) mass is 401 g/mol. The molecule has 0 aliphatic heterocycles. The van der Waals surface area contributed by atoms with Crippen LogP contribution in [0.15, 0.2) is 29.2 Å². The lowest BCUT2D eigenvalue weighted by atomic mass is 10.4. The number of hydrogen-bond donors (Lipinski definition) is 2. The van der Waals surface area contributed by atoms with Crippen molar-refractivity contribution in [2.45, 2.75) is 11.1 Å². The summed E-state index contributed by atoms with van der Waals surface area (Å²) >= 11 is 5.67. The van der Waals surface area contributed by atoms with E-state index in [9.17, 15) is 31.2 Å². The Bertz CT molecular complexity index is 723. The lowest BCUT2D eigenvalue weighted by Gasteiger charge is -2.17. The van der Waals surface area contributed by atoms with Crippen LogP contribution in [0.1, 0.15) is 0 Å². The molecule has 1 aromatic rings. The summed E-state index contributed by atoms with van der Waals surface area (Å²) in [5, 5.41) is 3.94. The highest BCUT2D eigenvalue weighted by molar-refractivity contribution is 7.89. The number of hydrogen-bond acceptors (Lipinski definition) is 4. The maximum absolute atomic E-state index is 12.2. The second-order valence-corrected chi connectivity index (χ2v) is 7.36. The Hall–Kier alpha value is -1.85. The molecule has 0 bridgehead atoms. The van der Waals surface area contributed by atoms with Crippen LogP contribution in [-0.2, 0) is 19.6 Å². The number of rotatable bonds is 7. The molecular formula is C13H15ClF3N3O4S. The van der Waals surface area contributed by atoms with Gasteiger partial charge < -0.3 is 10.6 Å². The molecule has 0 saturated heterocycles. The number of likely N-dealkylation sites (N-methyl/N-ethyl adjacent to an activating group) is 1. The van der Waals surface area contributed by atoms with Gasteiger partial charge in [0.2, 0.25) is 21.8 Å². The van der Waals surface area contributed by atoms with E-state index in [-0.39, 0.29) is 4.90 Å². The third-order valence-corrected chi connectivity index (χ3v) is 4.89. The van der Waals surface area contributed by atoms with Crippen LogP contribution in [0, 0.1) is 0 Å². The average Bonchev–Trinajstić information content (AvgIpc) is 2.50. The maximum Gasteiger partial charge on any atom is 0.405 e. The van der Waals surface area contributed by atoms with Crippen LogP contribution in [-0.4, -0.2) is 57.4 Å². The van der Waals surface area contributed by atoms with Gasteiger partial charge in [-0.05, 0) is 24.3 Å². The van der Waals surface area contributed by atoms with Crippen LogP contribution in [0.25, 0.3) is 0 Å². The number of amides is 2. The fraction of sp³-hybridized carbons (Fsp3) is 0.385. The molecule has 2 N–H and O–H groups in total. The van der Waals surface area contributed by atoms with E-state index < -0.39 is 47.6 Å². The van der Waals surface area contributed by atoms with E-state index in [4.69, 9.17) is 11.6 Å². The van der Waals surface area contributed by atoms with Crippen molar-refractivity contribution in [1.82, 2.24) is 14.9 Å². The second-order valence-electron chi connectivity index (χ2n) is 4.88. The SMILES string of the molecule is CN(CC(=O)NCC(=O)NCC(F)(F)F)S(=O)(=O)c1ccc(Cl)cc1. The number of halogens is 4. The molecule has 0 fully saturated rings. The summed E-state index contributed by atoms with van der Waals surface area (Å²) in [4.78, 5) is 22.7. The van der Waals surface area contributed by atoms with Crippen LogP contribution in [0.5, 0.6) is 0 Å². The molecule has 0 radical (unpaired) electrons. The van der Waals surface area contributed by atoms with Gasteiger partial charge in [-0.15, -0.1) is 0 Å². The van der Waals surface area contributed by atoms with Crippen LogP contribution in [0.2, 0.25) is 5.02 Å². The molecule has 0 unspecified atom stereocenters. The molecule has 140 valence electrons. The minimum absolute atomic E-state index is 0.0879. The summed E-state index contributed by atoms with van der Waals surface area (Å²) in [5.41, 5.74) is 0. The van der Waals surface area contributed by atoms with Crippen LogP contribution >= 0.6 is 11.6 Å². The van der Waals surface area contributed by atoms with Gasteiger partial charge in [0, 0.05) is 12.1 Å². The standard InChI is InChI=1S/C13H15ClF3N3O4S/c1-20(25(23,24)10-4-2-9(14)3-5-10)7-12(22)18-6-11(21)19-8-13(15,16)17/h2-5H,6-8H2,1H3,(H,18,22)(H,19,21). The highest BCUT2D eigenvalue weighted by Crippen LogP contribution is 2.17. The van der Waals surface area contributed by atoms with E-state index in [1.807, 2.05) is 5.32 Å². The summed E-state index contributed by atoms with van der Waals surface area (Å²) in [6.07, 6.45) is -4.56. The topological polar surface area (TPSA) is 95.6 Å². The fourth-order valence-electron chi connectivity index (χ4n) is 1.57. The van der Waals surface area contributed by atoms with Gasteiger partial charge in [0.25, 0.3) is 0 Å². The largest absolute Gasteiger partial charge is 0.405 e. The molecule has 0 aromatic heterocycles. The normalized spacial score (nSPS) is 12.1. The highest BCUT2D eigenvalue weighted by Gasteiger charge is 2.28. The molecule has 0 aliphatic rings. The number of nitrogens with one attached hydrogen (secondary N) is 2. The van der Waals surface area contributed by atoms with Crippen molar-refractivity contribution in [2.75, 3.05) is 26.7 Å². The van der Waals surface area contributed by atoms with E-state index in [1.165, 1.54) is 24.3 Å². The first-order valence-corrected chi connectivity index (χ1v) is 8.55. The zero-order chi connectivity index (χ0) is 19.3. The fourth-order valence-corrected chi connectivity index (χ4v) is 2.82. The lowest BCUT2D eigenvalue weighted by molar-refractivity contribution is -0.138. The van der Waals surface area contributed by atoms with E-state index in [0.29, 0.717) is 5.02 Å². The molecule has 0 saturated carbocycles. The lowest BCUT2D eigenvalue weighted by Crippen LogP contribution is -2.44. The minimum Gasteiger partial charge on any atom is -0.346 e. The van der Waals surface area contributed by atoms with Gasteiger partial charge in [-0.2, -0.15) is 17.5 Å². The number of carbonyl (C=O) groups is 2. The molecule has 1 aromatic carbocycles. The molecule has 2 amide bonds. The molecule has 0 spiro atoms. The zero-order valence-corrected chi connectivity index (χ0v) is 14.5. The first-order chi connectivity index (χ1) is 11.4. The van der Waals surface area contributed by atoms with E-state index in [0.717, 1.165) is 11.4 Å². The van der Waals surface area contributed by atoms with Crippen LogP contribution in [0.4, 0.5) is 13.2 Å². The Morgan fingerprint density at radius 3 is 2.20 bits per heavy atom. The number of alkyl halides is 3. The Morgan fingerprint density at radius 1 is 1.12 bits per heavy atom. The van der Waals surface area contributed by atoms with E-state index >= 15 is 0 Å². The van der Waals surface area contributed by atoms with Gasteiger partial charge in [-0.25, -0.2) is 8.42 Å². The summed E-state index contributed by atoms with van der Waals surface area (Å²) < 4.78 is 61.0. The van der Waals surface area contributed by atoms with E-state index in [2.05, 4.69) is 0 Å². The smallest absolute Gasteiger partial charge is 0.346 e. The summed E-state index contributed by atoms with van der Waals surface area (Å²) in [6, 6.07) is 5.26. The third kappa shape index (κ3) is 7.28. The number of carbonyl (C=O) groups excluding carboxylic acids is 2. The minimum atomic E-state index is -4.56. The molecule has 7 nitrogen and oxygen atoms in total. The van der Waals surface area contributed by atoms with Crippen molar-refractivity contribution < 1.29 is 31.2 Å². The molecular weight excluding hydrogens is 387 g/mol. The van der Waals surface area contributed by atoms with Gasteiger partial charge in [-0.3, -0.25) is 9.59 Å². The van der Waals surface area contributed by atoms with E-state index in [1.54, 1.807) is 5.32 Å². The number of nitrogens with zero attached hydrogens (tertiary/aromatic N) is 1. The molecule has 1 rings (SSSR count). The predicted octanol–water partition coefficient (Wildman–Crippen LogP) is 0.755. The Morgan fingerprint density at radius 2 is 1.68 bits per heavy atom. The van der Waals surface area contributed by atoms with Crippen LogP contribution in [0.3, 0.4) is 0 Å². The Kier molecular flexibility index (Phi) is 7.20.